The summed E-state index contributed by atoms with van der Waals surface area (Å²) in [5.74, 6) is 0. The minimum atomic E-state index is 1.37. The predicted octanol–water partition coefficient (Wildman–Crippen LogP) is 15.4. The second-order valence-corrected chi connectivity index (χ2v) is 19.0. The first kappa shape index (κ1) is 25.3. The van der Waals surface area contributed by atoms with Crippen LogP contribution in [-0.4, -0.2) is 0 Å². The Morgan fingerprint density at radius 3 is 0.955 bits per heavy atom. The van der Waals surface area contributed by atoms with Gasteiger partial charge in [0.2, 0.25) is 0 Å². The summed E-state index contributed by atoms with van der Waals surface area (Å²) in [7, 11) is 0. The number of rotatable bonds is 0. The van der Waals surface area contributed by atoms with Crippen molar-refractivity contribution in [2.24, 2.45) is 0 Å². The Morgan fingerprint density at radius 1 is 0.273 bits per heavy atom. The first-order valence-corrected chi connectivity index (χ1v) is 20.8. The molecule has 0 aliphatic carbocycles. The van der Waals surface area contributed by atoms with Crippen molar-refractivity contribution in [1.29, 1.82) is 0 Å². The van der Waals surface area contributed by atoms with E-state index in [2.05, 4.69) is 94.3 Å². The van der Waals surface area contributed by atoms with E-state index in [-0.39, 0.29) is 0 Å². The minimum Gasteiger partial charge on any atom is -0.144 e. The predicted molar refractivity (Wildman–Crippen MR) is 211 cm³/mol. The number of benzene rings is 4. The highest BCUT2D eigenvalue weighted by Gasteiger charge is 2.16. The maximum absolute atomic E-state index is 2.38. The van der Waals surface area contributed by atoms with Gasteiger partial charge in [0, 0.05) is 59.1 Å². The normalized spacial score (nSPS) is 12.5. The number of hydrogen-bond acceptors (Lipinski definition) is 8. The van der Waals surface area contributed by atoms with Crippen LogP contribution in [0.25, 0.3) is 99.5 Å². The molecule has 0 aliphatic heterocycles. The van der Waals surface area contributed by atoms with Crippen molar-refractivity contribution in [3.8, 4) is 0 Å². The molecule has 0 fully saturated rings. The standard InChI is InChI=1S/2C18H8S4/c1-3-19-13-7-11-15(5-9(1)13)21-18-12-8-14-10(2-4-20-14)6-16(12)22-17(11)18;1-3-19-13-7-15-11(5-9(1)13)17-18(21-15)12-6-10-2-4-20-14(10)8-16(12)22-17/h2*1-8H. The molecule has 0 unspecified atom stereocenters. The van der Waals surface area contributed by atoms with Gasteiger partial charge in [-0.15, -0.1) is 90.7 Å². The molecule has 0 nitrogen and oxygen atoms in total. The van der Waals surface area contributed by atoms with Crippen LogP contribution in [0.15, 0.2) is 94.3 Å². The van der Waals surface area contributed by atoms with Crippen LogP contribution in [0.2, 0.25) is 0 Å². The Bertz CT molecular complexity index is 2650. The summed E-state index contributed by atoms with van der Waals surface area (Å²) in [4.78, 5) is 0. The average molecular weight is 705 g/mol. The van der Waals surface area contributed by atoms with Gasteiger partial charge in [0.05, 0.1) is 18.8 Å². The molecule has 0 atom stereocenters. The SMILES string of the molecule is c1cc2cc3c(cc2s1)sc1c2cc4ccsc4cc2sc31.c1cc2cc3sc4c5cc6sccc6cc5sc4c3cc2s1. The van der Waals surface area contributed by atoms with E-state index in [1.165, 1.54) is 99.5 Å². The van der Waals surface area contributed by atoms with Crippen molar-refractivity contribution < 1.29 is 0 Å². The minimum absolute atomic E-state index is 1.37. The van der Waals surface area contributed by atoms with Crippen molar-refractivity contribution in [3.05, 3.63) is 94.3 Å². The Kier molecular flexibility index (Phi) is 5.35. The monoisotopic (exact) mass is 704 g/mol. The first-order chi connectivity index (χ1) is 21.7. The molecule has 0 bridgehead atoms. The van der Waals surface area contributed by atoms with Crippen LogP contribution in [-0.2, 0) is 0 Å². The molecule has 8 heterocycles. The van der Waals surface area contributed by atoms with Crippen LogP contribution in [0, 0.1) is 0 Å². The third kappa shape index (κ3) is 3.62. The van der Waals surface area contributed by atoms with E-state index in [0.29, 0.717) is 0 Å². The van der Waals surface area contributed by atoms with E-state index < -0.39 is 0 Å². The Balaban J connectivity index is 0.000000110. The summed E-state index contributed by atoms with van der Waals surface area (Å²) in [5, 5.41) is 19.9. The van der Waals surface area contributed by atoms with Crippen LogP contribution < -0.4 is 0 Å². The summed E-state index contributed by atoms with van der Waals surface area (Å²) in [5.41, 5.74) is 0. The summed E-state index contributed by atoms with van der Waals surface area (Å²) < 4.78 is 17.1. The van der Waals surface area contributed by atoms with Crippen molar-refractivity contribution in [3.63, 3.8) is 0 Å². The van der Waals surface area contributed by atoms with Crippen molar-refractivity contribution >= 4 is 190 Å². The van der Waals surface area contributed by atoms with Crippen LogP contribution in [0.5, 0.6) is 0 Å². The molecular formula is C36H16S8. The first-order valence-electron chi connectivity index (χ1n) is 14.0. The van der Waals surface area contributed by atoms with Crippen LogP contribution in [0.4, 0.5) is 0 Å². The van der Waals surface area contributed by atoms with Crippen LogP contribution in [0.1, 0.15) is 0 Å². The van der Waals surface area contributed by atoms with Gasteiger partial charge >= 0.3 is 0 Å². The maximum Gasteiger partial charge on any atom is 0.0542 e. The largest absolute Gasteiger partial charge is 0.144 e. The van der Waals surface area contributed by atoms with E-state index in [1.54, 1.807) is 0 Å². The Labute approximate surface area is 281 Å². The maximum atomic E-state index is 2.38. The summed E-state index contributed by atoms with van der Waals surface area (Å²) in [6.45, 7) is 0. The molecule has 0 spiro atoms. The zero-order valence-corrected chi connectivity index (χ0v) is 29.0. The smallest absolute Gasteiger partial charge is 0.0542 e. The topological polar surface area (TPSA) is 0 Å². The lowest BCUT2D eigenvalue weighted by atomic mass is 10.2. The third-order valence-electron chi connectivity index (χ3n) is 8.46. The fourth-order valence-electron chi connectivity index (χ4n) is 6.34. The molecule has 0 saturated carbocycles. The van der Waals surface area contributed by atoms with Gasteiger partial charge in [-0.25, -0.2) is 0 Å². The summed E-state index contributed by atoms with van der Waals surface area (Å²) >= 11 is 15.1. The van der Waals surface area contributed by atoms with Crippen molar-refractivity contribution in [1.82, 2.24) is 0 Å². The highest BCUT2D eigenvalue weighted by molar-refractivity contribution is 7.37. The van der Waals surface area contributed by atoms with Crippen molar-refractivity contribution in [2.45, 2.75) is 0 Å². The van der Waals surface area contributed by atoms with Gasteiger partial charge in [0.1, 0.15) is 0 Å². The van der Waals surface area contributed by atoms with Gasteiger partial charge in [-0.3, -0.25) is 0 Å². The zero-order chi connectivity index (χ0) is 28.5. The lowest BCUT2D eigenvalue weighted by Gasteiger charge is -1.93. The molecule has 8 aromatic heterocycles. The molecule has 12 rings (SSSR count). The van der Waals surface area contributed by atoms with E-state index in [0.717, 1.165) is 0 Å². The average Bonchev–Trinajstić information content (AvgIpc) is 3.87. The lowest BCUT2D eigenvalue weighted by molar-refractivity contribution is 2.07. The highest BCUT2D eigenvalue weighted by atomic mass is 32.1. The molecule has 44 heavy (non-hydrogen) atoms. The van der Waals surface area contributed by atoms with E-state index in [9.17, 15) is 0 Å². The summed E-state index contributed by atoms with van der Waals surface area (Å²) in [6, 6.07) is 27.8. The molecular weight excluding hydrogens is 689 g/mol. The zero-order valence-electron chi connectivity index (χ0n) is 22.5. The van der Waals surface area contributed by atoms with E-state index in [1.807, 2.05) is 90.7 Å². The van der Waals surface area contributed by atoms with Crippen molar-refractivity contribution in [2.75, 3.05) is 0 Å². The summed E-state index contributed by atoms with van der Waals surface area (Å²) in [6.07, 6.45) is 0. The highest BCUT2D eigenvalue weighted by Crippen LogP contribution is 2.48. The number of hydrogen-bond donors (Lipinski definition) is 0. The lowest BCUT2D eigenvalue weighted by Crippen LogP contribution is -1.63. The van der Waals surface area contributed by atoms with Gasteiger partial charge in [0.25, 0.3) is 0 Å². The Morgan fingerprint density at radius 2 is 0.568 bits per heavy atom. The number of thiophene rings is 8. The third-order valence-corrected chi connectivity index (χ3v) is 17.0. The van der Waals surface area contributed by atoms with Crippen LogP contribution in [0.3, 0.4) is 0 Å². The molecule has 8 heteroatoms. The quantitative estimate of drug-likeness (QED) is 0.147. The second kappa shape index (κ2) is 9.31. The number of fused-ring (bicyclic) bond motifs is 14. The molecule has 0 radical (unpaired) electrons. The second-order valence-electron chi connectivity index (χ2n) is 11.0. The molecule has 0 saturated heterocycles. The van der Waals surface area contributed by atoms with Gasteiger partial charge in [-0.2, -0.15) is 0 Å². The van der Waals surface area contributed by atoms with Crippen LogP contribution >= 0.6 is 90.7 Å². The fourth-order valence-corrected chi connectivity index (χ4v) is 15.1. The van der Waals surface area contributed by atoms with E-state index >= 15 is 0 Å². The Hall–Kier alpha value is -2.92. The molecule has 0 N–H and O–H groups in total. The van der Waals surface area contributed by atoms with Gasteiger partial charge in [-0.1, -0.05) is 0 Å². The fraction of sp³-hybridized carbons (Fsp3) is 0. The molecule has 208 valence electrons. The van der Waals surface area contributed by atoms with E-state index in [4.69, 9.17) is 0 Å². The van der Waals surface area contributed by atoms with Gasteiger partial charge in [-0.05, 0) is 116 Å². The molecule has 0 amide bonds. The molecule has 12 aromatic rings. The van der Waals surface area contributed by atoms with Gasteiger partial charge < -0.3 is 0 Å². The van der Waals surface area contributed by atoms with Gasteiger partial charge in [0.15, 0.2) is 0 Å². The molecule has 4 aromatic carbocycles. The molecule has 0 aliphatic rings.